The maximum atomic E-state index is 12.7. The standard InChI is InChI=1S/C20H22N2O4/c1-11(14-5-3-4-6-15(14)26-2)21-16(23)10-22-19(24)17-12-7-8-13(9-12)18(17)20(22)25/h3-8,11-13,17-18H,9-10H2,1-2H3,(H,21,23). The number of fused-ring (bicyclic) bond motifs is 5. The highest BCUT2D eigenvalue weighted by Crippen LogP contribution is 2.52. The molecule has 1 aromatic carbocycles. The van der Waals surface area contributed by atoms with Gasteiger partial charge in [0.1, 0.15) is 12.3 Å². The lowest BCUT2D eigenvalue weighted by Gasteiger charge is -2.20. The van der Waals surface area contributed by atoms with E-state index in [2.05, 4.69) is 5.32 Å². The molecule has 1 aliphatic heterocycles. The fourth-order valence-corrected chi connectivity index (χ4v) is 4.65. The van der Waals surface area contributed by atoms with Gasteiger partial charge in [-0.2, -0.15) is 0 Å². The lowest BCUT2D eigenvalue weighted by atomic mass is 9.85. The summed E-state index contributed by atoms with van der Waals surface area (Å²) in [5.74, 6) is -0.275. The molecule has 4 rings (SSSR count). The molecule has 5 unspecified atom stereocenters. The van der Waals surface area contributed by atoms with Crippen molar-refractivity contribution in [2.45, 2.75) is 19.4 Å². The van der Waals surface area contributed by atoms with Crippen molar-refractivity contribution in [3.05, 3.63) is 42.0 Å². The minimum atomic E-state index is -0.342. The second kappa shape index (κ2) is 6.27. The second-order valence-corrected chi connectivity index (χ2v) is 7.29. The van der Waals surface area contributed by atoms with Gasteiger partial charge in [0.25, 0.3) is 0 Å². The number of nitrogens with zero attached hydrogens (tertiary/aromatic N) is 1. The lowest BCUT2D eigenvalue weighted by Crippen LogP contribution is -2.42. The summed E-state index contributed by atoms with van der Waals surface area (Å²) < 4.78 is 5.32. The minimum absolute atomic E-state index is 0.155. The van der Waals surface area contributed by atoms with Gasteiger partial charge in [-0.1, -0.05) is 30.4 Å². The molecular formula is C20H22N2O4. The molecule has 6 heteroatoms. The van der Waals surface area contributed by atoms with E-state index in [4.69, 9.17) is 4.74 Å². The summed E-state index contributed by atoms with van der Waals surface area (Å²) >= 11 is 0. The molecule has 1 N–H and O–H groups in total. The van der Waals surface area contributed by atoms with Gasteiger partial charge in [-0.3, -0.25) is 19.3 Å². The first-order valence-electron chi connectivity index (χ1n) is 8.97. The average Bonchev–Trinajstić information content (AvgIpc) is 3.31. The zero-order valence-electron chi connectivity index (χ0n) is 14.8. The van der Waals surface area contributed by atoms with Crippen molar-refractivity contribution >= 4 is 17.7 Å². The van der Waals surface area contributed by atoms with Crippen LogP contribution in [0.2, 0.25) is 0 Å². The maximum absolute atomic E-state index is 12.7. The van der Waals surface area contributed by atoms with Crippen LogP contribution in [0, 0.1) is 23.7 Å². The van der Waals surface area contributed by atoms with Crippen molar-refractivity contribution in [1.82, 2.24) is 10.2 Å². The van der Waals surface area contributed by atoms with E-state index in [-0.39, 0.29) is 54.0 Å². The molecule has 5 atom stereocenters. The molecule has 1 saturated heterocycles. The monoisotopic (exact) mass is 354 g/mol. The van der Waals surface area contributed by atoms with Crippen LogP contribution in [-0.4, -0.2) is 36.3 Å². The lowest BCUT2D eigenvalue weighted by molar-refractivity contribution is -0.144. The van der Waals surface area contributed by atoms with Gasteiger partial charge < -0.3 is 10.1 Å². The zero-order chi connectivity index (χ0) is 18.4. The van der Waals surface area contributed by atoms with Crippen LogP contribution in [0.25, 0.3) is 0 Å². The Morgan fingerprint density at radius 3 is 2.42 bits per heavy atom. The molecule has 0 aromatic heterocycles. The van der Waals surface area contributed by atoms with Gasteiger partial charge >= 0.3 is 0 Å². The smallest absolute Gasteiger partial charge is 0.240 e. The first kappa shape index (κ1) is 16.8. The van der Waals surface area contributed by atoms with Crippen molar-refractivity contribution in [3.8, 4) is 5.75 Å². The number of amides is 3. The fourth-order valence-electron chi connectivity index (χ4n) is 4.65. The Bertz CT molecular complexity index is 773. The molecule has 136 valence electrons. The molecule has 6 nitrogen and oxygen atoms in total. The number of carbonyl (C=O) groups excluding carboxylic acids is 3. The number of allylic oxidation sites excluding steroid dienone is 2. The minimum Gasteiger partial charge on any atom is -0.496 e. The van der Waals surface area contributed by atoms with Crippen LogP contribution in [0.5, 0.6) is 5.75 Å². The zero-order valence-corrected chi connectivity index (χ0v) is 14.8. The largest absolute Gasteiger partial charge is 0.496 e. The van der Waals surface area contributed by atoms with Crippen molar-refractivity contribution < 1.29 is 19.1 Å². The molecule has 2 aliphatic carbocycles. The molecule has 3 amide bonds. The maximum Gasteiger partial charge on any atom is 0.240 e. The first-order valence-corrected chi connectivity index (χ1v) is 8.97. The SMILES string of the molecule is COc1ccccc1C(C)NC(=O)CN1C(=O)C2C3C=CC(C3)C2C1=O. The van der Waals surface area contributed by atoms with E-state index >= 15 is 0 Å². The Morgan fingerprint density at radius 1 is 1.19 bits per heavy atom. The number of rotatable bonds is 5. The van der Waals surface area contributed by atoms with Crippen LogP contribution >= 0.6 is 0 Å². The fraction of sp³-hybridized carbons (Fsp3) is 0.450. The van der Waals surface area contributed by atoms with Gasteiger partial charge in [-0.15, -0.1) is 0 Å². The number of imide groups is 1. The summed E-state index contributed by atoms with van der Waals surface area (Å²) in [6.45, 7) is 1.63. The van der Waals surface area contributed by atoms with Gasteiger partial charge in [-0.05, 0) is 31.2 Å². The molecule has 2 fully saturated rings. The van der Waals surface area contributed by atoms with Crippen LogP contribution in [0.3, 0.4) is 0 Å². The molecule has 2 bridgehead atoms. The summed E-state index contributed by atoms with van der Waals surface area (Å²) in [7, 11) is 1.58. The van der Waals surface area contributed by atoms with Gasteiger partial charge in [0.2, 0.25) is 17.7 Å². The van der Waals surface area contributed by atoms with Gasteiger partial charge in [0, 0.05) is 5.56 Å². The summed E-state index contributed by atoms with van der Waals surface area (Å²) in [6.07, 6.45) is 4.98. The van der Waals surface area contributed by atoms with E-state index in [1.807, 2.05) is 43.3 Å². The highest BCUT2D eigenvalue weighted by Gasteiger charge is 2.59. The van der Waals surface area contributed by atoms with Gasteiger partial charge in [-0.25, -0.2) is 0 Å². The number of para-hydroxylation sites is 1. The third-order valence-corrected chi connectivity index (χ3v) is 5.85. The number of hydrogen-bond acceptors (Lipinski definition) is 4. The number of hydrogen-bond donors (Lipinski definition) is 1. The number of benzene rings is 1. The summed E-state index contributed by atoms with van der Waals surface area (Å²) in [6, 6.07) is 7.15. The van der Waals surface area contributed by atoms with E-state index in [1.54, 1.807) is 7.11 Å². The highest BCUT2D eigenvalue weighted by atomic mass is 16.5. The molecular weight excluding hydrogens is 332 g/mol. The molecule has 1 heterocycles. The first-order chi connectivity index (χ1) is 12.5. The number of methoxy groups -OCH3 is 1. The molecule has 0 radical (unpaired) electrons. The average molecular weight is 354 g/mol. The van der Waals surface area contributed by atoms with E-state index in [0.717, 1.165) is 16.9 Å². The van der Waals surface area contributed by atoms with Crippen molar-refractivity contribution in [3.63, 3.8) is 0 Å². The molecule has 1 aromatic rings. The van der Waals surface area contributed by atoms with E-state index < -0.39 is 0 Å². The topological polar surface area (TPSA) is 75.7 Å². The number of nitrogens with one attached hydrogen (secondary N) is 1. The van der Waals surface area contributed by atoms with Crippen LogP contribution in [-0.2, 0) is 14.4 Å². The Balaban J connectivity index is 1.43. The highest BCUT2D eigenvalue weighted by molar-refractivity contribution is 6.08. The summed E-state index contributed by atoms with van der Waals surface area (Å²) in [5.41, 5.74) is 0.849. The predicted molar refractivity (Wildman–Crippen MR) is 94.0 cm³/mol. The van der Waals surface area contributed by atoms with E-state index in [0.29, 0.717) is 5.75 Å². The Morgan fingerprint density at radius 2 is 1.81 bits per heavy atom. The van der Waals surface area contributed by atoms with Crippen molar-refractivity contribution in [1.29, 1.82) is 0 Å². The second-order valence-electron chi connectivity index (χ2n) is 7.29. The van der Waals surface area contributed by atoms with Crippen LogP contribution in [0.4, 0.5) is 0 Å². The third-order valence-electron chi connectivity index (χ3n) is 5.85. The van der Waals surface area contributed by atoms with Gasteiger partial charge in [0.05, 0.1) is 25.0 Å². The van der Waals surface area contributed by atoms with Crippen LogP contribution in [0.1, 0.15) is 24.9 Å². The van der Waals surface area contributed by atoms with Crippen LogP contribution in [0.15, 0.2) is 36.4 Å². The van der Waals surface area contributed by atoms with E-state index in [1.165, 1.54) is 0 Å². The normalized spacial score (nSPS) is 29.8. The summed E-state index contributed by atoms with van der Waals surface area (Å²) in [4.78, 5) is 38.9. The van der Waals surface area contributed by atoms with E-state index in [9.17, 15) is 14.4 Å². The Labute approximate surface area is 152 Å². The third kappa shape index (κ3) is 2.52. The number of likely N-dealkylation sites (tertiary alicyclic amines) is 1. The molecule has 3 aliphatic rings. The quantitative estimate of drug-likeness (QED) is 0.645. The Hall–Kier alpha value is -2.63. The van der Waals surface area contributed by atoms with Crippen molar-refractivity contribution in [2.24, 2.45) is 23.7 Å². The Kier molecular flexibility index (Phi) is 4.05. The predicted octanol–water partition coefficient (Wildman–Crippen LogP) is 1.68. The molecule has 1 saturated carbocycles. The number of ether oxygens (including phenoxy) is 1. The van der Waals surface area contributed by atoms with Crippen LogP contribution < -0.4 is 10.1 Å². The number of carbonyl (C=O) groups is 3. The van der Waals surface area contributed by atoms with Gasteiger partial charge in [0.15, 0.2) is 0 Å². The molecule has 26 heavy (non-hydrogen) atoms. The summed E-state index contributed by atoms with van der Waals surface area (Å²) in [5, 5.41) is 2.86. The molecule has 0 spiro atoms. The van der Waals surface area contributed by atoms with Crippen molar-refractivity contribution in [2.75, 3.05) is 13.7 Å².